The van der Waals surface area contributed by atoms with Crippen LogP contribution in [-0.4, -0.2) is 19.6 Å². The Morgan fingerprint density at radius 3 is 0.900 bits per heavy atom. The zero-order valence-corrected chi connectivity index (χ0v) is 14.0. The van der Waals surface area contributed by atoms with E-state index in [1.54, 1.807) is 0 Å². The first-order valence-corrected chi connectivity index (χ1v) is 9.84. The average Bonchev–Trinajstić information content (AvgIpc) is 2.51. The molecule has 0 heterocycles. The van der Waals surface area contributed by atoms with Gasteiger partial charge in [-0.25, -0.2) is 0 Å². The van der Waals surface area contributed by atoms with E-state index in [1.165, 1.54) is 10.8 Å². The van der Waals surface area contributed by atoms with Crippen LogP contribution in [0.1, 0.15) is 0 Å². The topological polar surface area (TPSA) is 0 Å². The maximum atomic E-state index is 2.27. The van der Waals surface area contributed by atoms with Gasteiger partial charge in [-0.2, -0.15) is 0 Å². The van der Waals surface area contributed by atoms with Crippen molar-refractivity contribution in [3.05, 3.63) is 91.0 Å². The quantitative estimate of drug-likeness (QED) is 0.511. The molecule has 2 heteroatoms. The van der Waals surface area contributed by atoms with Crippen molar-refractivity contribution >= 4 is 30.4 Å². The van der Waals surface area contributed by atoms with Gasteiger partial charge in [0.25, 0.3) is 0 Å². The van der Waals surface area contributed by atoms with Gasteiger partial charge in [-0.1, -0.05) is 0 Å². The molecule has 0 aliphatic carbocycles. The Kier molecular flexibility index (Phi) is 5.68. The van der Waals surface area contributed by atoms with E-state index in [4.69, 9.17) is 0 Å². The summed E-state index contributed by atoms with van der Waals surface area (Å²) >= 11 is -1.67. The van der Waals surface area contributed by atoms with Gasteiger partial charge in [0.15, 0.2) is 0 Å². The molecule has 0 saturated carbocycles. The summed E-state index contributed by atoms with van der Waals surface area (Å²) in [5.74, 6) is 0. The SMILES string of the molecule is [Cl-].c1ccc([Te+](c2ccccc2)c2ccccc2)cc1. The van der Waals surface area contributed by atoms with Gasteiger partial charge < -0.3 is 12.4 Å². The summed E-state index contributed by atoms with van der Waals surface area (Å²) in [6.45, 7) is 0. The van der Waals surface area contributed by atoms with Crippen molar-refractivity contribution in [2.45, 2.75) is 0 Å². The van der Waals surface area contributed by atoms with Gasteiger partial charge in [0, 0.05) is 0 Å². The van der Waals surface area contributed by atoms with Gasteiger partial charge in [0.05, 0.1) is 0 Å². The molecule has 100 valence electrons. The van der Waals surface area contributed by atoms with Crippen molar-refractivity contribution in [2.24, 2.45) is 0 Å². The number of benzene rings is 3. The van der Waals surface area contributed by atoms with E-state index >= 15 is 0 Å². The summed E-state index contributed by atoms with van der Waals surface area (Å²) in [4.78, 5) is 0. The third kappa shape index (κ3) is 3.44. The Morgan fingerprint density at radius 1 is 0.400 bits per heavy atom. The molecule has 0 spiro atoms. The normalized spacial score (nSPS) is 10.1. The van der Waals surface area contributed by atoms with Crippen LogP contribution >= 0.6 is 0 Å². The third-order valence-electron chi connectivity index (χ3n) is 2.94. The molecule has 0 saturated heterocycles. The number of hydrogen-bond acceptors (Lipinski definition) is 0. The fraction of sp³-hybridized carbons (Fsp3) is 0. The van der Waals surface area contributed by atoms with Crippen LogP contribution in [0.2, 0.25) is 0 Å². The molecule has 0 aromatic heterocycles. The zero-order valence-electron chi connectivity index (χ0n) is 10.9. The van der Waals surface area contributed by atoms with Crippen LogP contribution in [0.25, 0.3) is 0 Å². The minimum absolute atomic E-state index is 0. The predicted molar refractivity (Wildman–Crippen MR) is 84.0 cm³/mol. The van der Waals surface area contributed by atoms with Gasteiger partial charge in [-0.05, 0) is 0 Å². The molecule has 0 aliphatic rings. The fourth-order valence-electron chi connectivity index (χ4n) is 2.08. The van der Waals surface area contributed by atoms with Gasteiger partial charge in [0.2, 0.25) is 0 Å². The molecule has 3 rings (SSSR count). The van der Waals surface area contributed by atoms with Crippen molar-refractivity contribution in [3.8, 4) is 0 Å². The first-order valence-electron chi connectivity index (χ1n) is 6.34. The first kappa shape index (κ1) is 15.1. The van der Waals surface area contributed by atoms with Crippen molar-refractivity contribution in [1.29, 1.82) is 0 Å². The molecule has 0 nitrogen and oxygen atoms in total. The molecule has 0 radical (unpaired) electrons. The van der Waals surface area contributed by atoms with Gasteiger partial charge in [0.1, 0.15) is 0 Å². The molecule has 3 aromatic rings. The first-order chi connectivity index (χ1) is 9.45. The summed E-state index contributed by atoms with van der Waals surface area (Å²) in [7, 11) is 0. The van der Waals surface area contributed by atoms with Crippen LogP contribution < -0.4 is 23.2 Å². The Balaban J connectivity index is 0.00000147. The van der Waals surface area contributed by atoms with E-state index in [-0.39, 0.29) is 12.4 Å². The van der Waals surface area contributed by atoms with Gasteiger partial charge in [-0.15, -0.1) is 0 Å². The molecular formula is C18H15ClTe. The monoisotopic (exact) mass is 396 g/mol. The second-order valence-electron chi connectivity index (χ2n) is 4.25. The maximum absolute atomic E-state index is 2.27. The van der Waals surface area contributed by atoms with E-state index < -0.39 is 19.6 Å². The van der Waals surface area contributed by atoms with Crippen molar-refractivity contribution in [3.63, 3.8) is 0 Å². The van der Waals surface area contributed by atoms with Crippen LogP contribution in [-0.2, 0) is 0 Å². The molecule has 0 fully saturated rings. The Hall–Kier alpha value is -1.26. The summed E-state index contributed by atoms with van der Waals surface area (Å²) in [6, 6.07) is 32.8. The molecule has 0 N–H and O–H groups in total. The Labute approximate surface area is 133 Å². The average molecular weight is 394 g/mol. The van der Waals surface area contributed by atoms with Crippen LogP contribution in [0.5, 0.6) is 0 Å². The molecule has 0 bridgehead atoms. The molecular weight excluding hydrogens is 379 g/mol. The number of rotatable bonds is 3. The summed E-state index contributed by atoms with van der Waals surface area (Å²) in [5, 5.41) is 0. The van der Waals surface area contributed by atoms with Crippen molar-refractivity contribution in [2.75, 3.05) is 0 Å². The van der Waals surface area contributed by atoms with Crippen LogP contribution in [0.15, 0.2) is 91.0 Å². The molecule has 0 atom stereocenters. The van der Waals surface area contributed by atoms with Gasteiger partial charge in [-0.3, -0.25) is 0 Å². The standard InChI is InChI=1S/C18H15Te.ClH/c1-4-10-16(11-5-1)19(17-12-6-2-7-13-17)18-14-8-3-9-15-18;/h1-15H;1H/q+1;/p-1. The second-order valence-corrected chi connectivity index (χ2v) is 10.0. The van der Waals surface area contributed by atoms with E-state index in [9.17, 15) is 0 Å². The number of hydrogen-bond donors (Lipinski definition) is 0. The van der Waals surface area contributed by atoms with Crippen molar-refractivity contribution in [1.82, 2.24) is 0 Å². The zero-order chi connectivity index (χ0) is 12.9. The molecule has 3 aromatic carbocycles. The van der Waals surface area contributed by atoms with Crippen molar-refractivity contribution < 1.29 is 12.4 Å². The Bertz CT molecular complexity index is 529. The van der Waals surface area contributed by atoms with E-state index in [0.29, 0.717) is 0 Å². The van der Waals surface area contributed by atoms with Crippen LogP contribution in [0.4, 0.5) is 0 Å². The molecule has 0 unspecified atom stereocenters. The second kappa shape index (κ2) is 7.50. The van der Waals surface area contributed by atoms with Crippen LogP contribution in [0.3, 0.4) is 0 Å². The van der Waals surface area contributed by atoms with Crippen LogP contribution in [0, 0.1) is 0 Å². The molecule has 0 amide bonds. The predicted octanol–water partition coefficient (Wildman–Crippen LogP) is -0.793. The summed E-state index contributed by atoms with van der Waals surface area (Å²) in [5.41, 5.74) is 0. The summed E-state index contributed by atoms with van der Waals surface area (Å²) in [6.07, 6.45) is 0. The Morgan fingerprint density at radius 2 is 0.650 bits per heavy atom. The molecule has 20 heavy (non-hydrogen) atoms. The minimum atomic E-state index is -1.67. The molecule has 0 aliphatic heterocycles. The van der Waals surface area contributed by atoms with E-state index in [0.717, 1.165) is 0 Å². The summed E-state index contributed by atoms with van der Waals surface area (Å²) < 4.78 is 4.51. The fourth-order valence-corrected chi connectivity index (χ4v) is 8.08. The van der Waals surface area contributed by atoms with Gasteiger partial charge >= 0.3 is 121 Å². The third-order valence-corrected chi connectivity index (χ3v) is 9.30. The van der Waals surface area contributed by atoms with E-state index in [1.807, 2.05) is 0 Å². The van der Waals surface area contributed by atoms with E-state index in [2.05, 4.69) is 91.0 Å². The number of halogens is 1.